The third kappa shape index (κ3) is 5.52. The number of carbonyl (C=O) groups is 1. The predicted octanol–water partition coefficient (Wildman–Crippen LogP) is 5.54. The van der Waals surface area contributed by atoms with E-state index in [1.807, 2.05) is 25.9 Å². The van der Waals surface area contributed by atoms with E-state index in [1.165, 1.54) is 30.3 Å². The lowest BCUT2D eigenvalue weighted by atomic mass is 9.94. The van der Waals surface area contributed by atoms with Gasteiger partial charge in [0.05, 0.1) is 23.6 Å². The first-order valence-corrected chi connectivity index (χ1v) is 13.9. The molecule has 0 aliphatic carbocycles. The van der Waals surface area contributed by atoms with Gasteiger partial charge in [0.2, 0.25) is 11.8 Å². The molecule has 218 valence electrons. The van der Waals surface area contributed by atoms with Gasteiger partial charge in [-0.05, 0) is 63.7 Å². The van der Waals surface area contributed by atoms with Gasteiger partial charge in [-0.25, -0.2) is 18.4 Å². The molecule has 1 aliphatic heterocycles. The van der Waals surface area contributed by atoms with E-state index in [-0.39, 0.29) is 52.5 Å². The summed E-state index contributed by atoms with van der Waals surface area (Å²) in [7, 11) is 3.83. The van der Waals surface area contributed by atoms with Crippen molar-refractivity contribution in [2.45, 2.75) is 44.4 Å². The minimum atomic E-state index is -0.683. The normalized spacial score (nSPS) is 17.9. The lowest BCUT2D eigenvalue weighted by molar-refractivity contribution is -0.130. The quantitative estimate of drug-likeness (QED) is 0.247. The molecule has 1 saturated heterocycles. The monoisotopic (exact) mass is 593 g/mol. The van der Waals surface area contributed by atoms with Crippen molar-refractivity contribution in [2.75, 3.05) is 27.2 Å². The van der Waals surface area contributed by atoms with Gasteiger partial charge in [0, 0.05) is 30.1 Å². The molecule has 9 nitrogen and oxygen atoms in total. The number of rotatable bonds is 8. The molecule has 0 radical (unpaired) electrons. The molecule has 5 rings (SSSR count). The second-order valence-electron chi connectivity index (χ2n) is 10.7. The van der Waals surface area contributed by atoms with E-state index in [9.17, 15) is 14.4 Å². The second kappa shape index (κ2) is 12.0. The van der Waals surface area contributed by atoms with Crippen LogP contribution in [0, 0.1) is 23.0 Å². The Morgan fingerprint density at radius 1 is 1.31 bits per heavy atom. The minimum Gasteiger partial charge on any atom is -0.472 e. The summed E-state index contributed by atoms with van der Waals surface area (Å²) in [6.07, 6.45) is 2.05. The topological polar surface area (TPSA) is 100 Å². The van der Waals surface area contributed by atoms with E-state index >= 15 is 4.39 Å². The van der Waals surface area contributed by atoms with Gasteiger partial charge in [0.25, 0.3) is 0 Å². The first-order chi connectivity index (χ1) is 20.1. The highest BCUT2D eigenvalue weighted by atomic mass is 35.5. The summed E-state index contributed by atoms with van der Waals surface area (Å²) >= 11 is 6.67. The Kier molecular flexibility index (Phi) is 8.38. The molecule has 0 saturated carbocycles. The minimum absolute atomic E-state index is 0.00896. The van der Waals surface area contributed by atoms with Crippen LogP contribution in [0.15, 0.2) is 43.0 Å². The SMILES string of the molecule is C=CC(=O)N1CC[C@H](n2nnc3c(O[C@@H](C)CN(C)C)nc4c(F)c(-c5ccc(F)cc5)c(Cl)cc4c32)C[C@H]1CC#N. The number of aromatic nitrogens is 4. The maximum absolute atomic E-state index is 16.3. The fourth-order valence-electron chi connectivity index (χ4n) is 5.66. The number of piperidine rings is 1. The molecule has 1 aliphatic rings. The van der Waals surface area contributed by atoms with E-state index in [1.54, 1.807) is 15.6 Å². The Morgan fingerprint density at radius 2 is 2.05 bits per heavy atom. The van der Waals surface area contributed by atoms with Crippen LogP contribution in [-0.4, -0.2) is 75.0 Å². The summed E-state index contributed by atoms with van der Waals surface area (Å²) in [5.74, 6) is -1.25. The molecular weight excluding hydrogens is 564 g/mol. The standard InChI is InChI=1S/C30H30ClF2N7O2/c1-5-24(41)39-13-11-21(14-20(39)10-12-34)40-29-22-15-23(31)25(18-6-8-19(32)9-7-18)26(33)27(22)35-30(28(29)36-37-40)42-17(2)16-38(3)4/h5-9,15,17,20-21H,1,10-11,13-14,16H2,2-4H3/t17-,20+,21-/m0/s1. The average Bonchev–Trinajstić information content (AvgIpc) is 3.40. The molecule has 0 unspecified atom stereocenters. The van der Waals surface area contributed by atoms with Gasteiger partial charge in [0.15, 0.2) is 11.3 Å². The molecule has 2 aromatic carbocycles. The van der Waals surface area contributed by atoms with Crippen LogP contribution in [0.1, 0.15) is 32.2 Å². The van der Waals surface area contributed by atoms with Crippen molar-refractivity contribution in [2.24, 2.45) is 0 Å². The molecule has 3 atom stereocenters. The van der Waals surface area contributed by atoms with E-state index in [0.29, 0.717) is 47.9 Å². The number of likely N-dealkylation sites (tertiary alicyclic amines) is 1. The van der Waals surface area contributed by atoms with Crippen LogP contribution in [0.5, 0.6) is 5.88 Å². The number of benzene rings is 2. The average molecular weight is 594 g/mol. The number of fused-ring (bicyclic) bond motifs is 3. The zero-order valence-electron chi connectivity index (χ0n) is 23.5. The van der Waals surface area contributed by atoms with Crippen molar-refractivity contribution in [3.05, 3.63) is 59.6 Å². The molecule has 0 N–H and O–H groups in total. The van der Waals surface area contributed by atoms with E-state index in [0.717, 1.165) is 0 Å². The number of halogens is 3. The summed E-state index contributed by atoms with van der Waals surface area (Å²) < 4.78 is 37.9. The lowest BCUT2D eigenvalue weighted by Gasteiger charge is -2.38. The number of hydrogen-bond acceptors (Lipinski definition) is 7. The Hall–Kier alpha value is -4.14. The molecule has 0 spiro atoms. The van der Waals surface area contributed by atoms with Gasteiger partial charge in [-0.3, -0.25) is 4.79 Å². The molecule has 42 heavy (non-hydrogen) atoms. The summed E-state index contributed by atoms with van der Waals surface area (Å²) in [6, 6.07) is 8.57. The summed E-state index contributed by atoms with van der Waals surface area (Å²) in [5, 5.41) is 18.8. The van der Waals surface area contributed by atoms with Crippen molar-refractivity contribution in [3.8, 4) is 23.1 Å². The van der Waals surface area contributed by atoms with Gasteiger partial charge >= 0.3 is 0 Å². The molecule has 1 fully saturated rings. The first kappa shape index (κ1) is 29.4. The Labute approximate surface area is 246 Å². The number of likely N-dealkylation sites (N-methyl/N-ethyl adjacent to an activating group) is 1. The van der Waals surface area contributed by atoms with Gasteiger partial charge in [-0.2, -0.15) is 5.26 Å². The molecule has 0 bridgehead atoms. The van der Waals surface area contributed by atoms with E-state index in [4.69, 9.17) is 16.3 Å². The van der Waals surface area contributed by atoms with E-state index < -0.39 is 11.6 Å². The number of nitriles is 1. The van der Waals surface area contributed by atoms with Crippen LogP contribution in [0.3, 0.4) is 0 Å². The number of ether oxygens (including phenoxy) is 1. The molecular formula is C30H30ClF2N7O2. The van der Waals surface area contributed by atoms with Gasteiger partial charge < -0.3 is 14.5 Å². The van der Waals surface area contributed by atoms with Crippen molar-refractivity contribution >= 4 is 39.4 Å². The number of amides is 1. The molecule has 2 aromatic heterocycles. The molecule has 3 heterocycles. The lowest BCUT2D eigenvalue weighted by Crippen LogP contribution is -2.45. The third-order valence-electron chi connectivity index (χ3n) is 7.44. The second-order valence-corrected chi connectivity index (χ2v) is 11.1. The van der Waals surface area contributed by atoms with Gasteiger partial charge in [-0.1, -0.05) is 35.5 Å². The van der Waals surface area contributed by atoms with Crippen molar-refractivity contribution in [3.63, 3.8) is 0 Å². The van der Waals surface area contributed by atoms with Gasteiger partial charge in [-0.15, -0.1) is 5.10 Å². The smallest absolute Gasteiger partial charge is 0.246 e. The van der Waals surface area contributed by atoms with Crippen LogP contribution >= 0.6 is 11.6 Å². The first-order valence-electron chi connectivity index (χ1n) is 13.6. The maximum Gasteiger partial charge on any atom is 0.246 e. The van der Waals surface area contributed by atoms with Crippen LogP contribution in [0.25, 0.3) is 33.1 Å². The summed E-state index contributed by atoms with van der Waals surface area (Å²) in [4.78, 5) is 20.6. The Morgan fingerprint density at radius 3 is 2.71 bits per heavy atom. The van der Waals surface area contributed by atoms with Gasteiger partial charge in [0.1, 0.15) is 23.0 Å². The fourth-order valence-corrected chi connectivity index (χ4v) is 5.96. The van der Waals surface area contributed by atoms with Crippen LogP contribution in [0.4, 0.5) is 8.78 Å². The number of pyridine rings is 1. The fraction of sp³-hybridized carbons (Fsp3) is 0.367. The van der Waals surface area contributed by atoms with Crippen molar-refractivity contribution < 1.29 is 18.3 Å². The maximum atomic E-state index is 16.3. The van der Waals surface area contributed by atoms with Crippen molar-refractivity contribution in [1.29, 1.82) is 5.26 Å². The largest absolute Gasteiger partial charge is 0.472 e. The van der Waals surface area contributed by atoms with Crippen LogP contribution < -0.4 is 4.74 Å². The zero-order valence-corrected chi connectivity index (χ0v) is 24.3. The third-order valence-corrected chi connectivity index (χ3v) is 7.74. The number of carbonyl (C=O) groups excluding carboxylic acids is 1. The molecule has 1 amide bonds. The summed E-state index contributed by atoms with van der Waals surface area (Å²) in [6.45, 7) is 6.42. The van der Waals surface area contributed by atoms with Crippen molar-refractivity contribution in [1.82, 2.24) is 29.8 Å². The summed E-state index contributed by atoms with van der Waals surface area (Å²) in [5.41, 5.74) is 1.33. The number of nitrogens with zero attached hydrogens (tertiary/aromatic N) is 7. The predicted molar refractivity (Wildman–Crippen MR) is 156 cm³/mol. The molecule has 4 aromatic rings. The Bertz CT molecular complexity index is 1700. The van der Waals surface area contributed by atoms with E-state index in [2.05, 4.69) is 27.9 Å². The highest BCUT2D eigenvalue weighted by Crippen LogP contribution is 2.41. The zero-order chi connectivity index (χ0) is 30.1. The molecule has 12 heteroatoms. The Balaban J connectivity index is 1.70. The highest BCUT2D eigenvalue weighted by Gasteiger charge is 2.34. The number of hydrogen-bond donors (Lipinski definition) is 0. The highest BCUT2D eigenvalue weighted by molar-refractivity contribution is 6.34. The van der Waals surface area contributed by atoms with Crippen LogP contribution in [0.2, 0.25) is 5.02 Å². The van der Waals surface area contributed by atoms with Crippen LogP contribution in [-0.2, 0) is 4.79 Å².